The number of nitrogens with two attached hydrogens (primary N) is 1. The highest BCUT2D eigenvalue weighted by Gasteiger charge is 2.25. The van der Waals surface area contributed by atoms with Gasteiger partial charge in [0.2, 0.25) is 5.91 Å². The van der Waals surface area contributed by atoms with Crippen LogP contribution in [0.15, 0.2) is 59.6 Å². The van der Waals surface area contributed by atoms with Crippen LogP contribution in [0.1, 0.15) is 18.1 Å². The molecule has 0 fully saturated rings. The summed E-state index contributed by atoms with van der Waals surface area (Å²) in [5.41, 5.74) is 9.74. The average molecular weight is 366 g/mol. The molecule has 142 valence electrons. The number of benzodiazepines with no additional fused rings is 1. The van der Waals surface area contributed by atoms with E-state index < -0.39 is 12.2 Å². The zero-order chi connectivity index (χ0) is 19.2. The van der Waals surface area contributed by atoms with Gasteiger partial charge in [0, 0.05) is 30.5 Å². The topological polar surface area (TPSA) is 80.0 Å². The standard InChI is InChI=1S/C21H26N4O2/c1-15(22)21(26)24-19-14-25(12-13-27-2)18-11-7-6-10-17(18)20(23-19)16-8-4-3-5-9-16/h3-11,15,19H,12-14,22H2,1-2H3,(H,24,26)/t15-,19?/m0/s1. The molecule has 6 nitrogen and oxygen atoms in total. The highest BCUT2D eigenvalue weighted by molar-refractivity contribution is 6.16. The zero-order valence-electron chi connectivity index (χ0n) is 15.8. The van der Waals surface area contributed by atoms with Crippen molar-refractivity contribution in [3.05, 3.63) is 65.7 Å². The van der Waals surface area contributed by atoms with Gasteiger partial charge in [-0.1, -0.05) is 48.5 Å². The molecule has 1 heterocycles. The maximum Gasteiger partial charge on any atom is 0.238 e. The lowest BCUT2D eigenvalue weighted by atomic mass is 10.0. The van der Waals surface area contributed by atoms with Gasteiger partial charge in [-0.2, -0.15) is 0 Å². The van der Waals surface area contributed by atoms with E-state index in [1.165, 1.54) is 0 Å². The van der Waals surface area contributed by atoms with Gasteiger partial charge in [0.15, 0.2) is 0 Å². The van der Waals surface area contributed by atoms with Crippen molar-refractivity contribution in [3.63, 3.8) is 0 Å². The van der Waals surface area contributed by atoms with E-state index in [-0.39, 0.29) is 5.91 Å². The van der Waals surface area contributed by atoms with Crippen LogP contribution in [0.25, 0.3) is 0 Å². The van der Waals surface area contributed by atoms with Gasteiger partial charge in [-0.15, -0.1) is 0 Å². The molecule has 1 amide bonds. The first-order valence-electron chi connectivity index (χ1n) is 9.12. The summed E-state index contributed by atoms with van der Waals surface area (Å²) in [4.78, 5) is 19.3. The Morgan fingerprint density at radius 1 is 1.26 bits per heavy atom. The number of carbonyl (C=O) groups excluding carboxylic acids is 1. The second-order valence-electron chi connectivity index (χ2n) is 6.61. The van der Waals surface area contributed by atoms with Gasteiger partial charge < -0.3 is 20.7 Å². The summed E-state index contributed by atoms with van der Waals surface area (Å²) in [7, 11) is 1.69. The molecule has 0 aromatic heterocycles. The first kappa shape index (κ1) is 19.1. The third kappa shape index (κ3) is 4.53. The number of hydrogen-bond acceptors (Lipinski definition) is 5. The van der Waals surface area contributed by atoms with E-state index >= 15 is 0 Å². The molecule has 0 saturated heterocycles. The Morgan fingerprint density at radius 2 is 1.96 bits per heavy atom. The Hall–Kier alpha value is -2.70. The molecule has 0 radical (unpaired) electrons. The Kier molecular flexibility index (Phi) is 6.21. The third-order valence-electron chi connectivity index (χ3n) is 4.51. The van der Waals surface area contributed by atoms with Crippen molar-refractivity contribution in [3.8, 4) is 0 Å². The average Bonchev–Trinajstić information content (AvgIpc) is 2.84. The van der Waals surface area contributed by atoms with Crippen LogP contribution >= 0.6 is 0 Å². The van der Waals surface area contributed by atoms with Crippen LogP contribution in [0.5, 0.6) is 0 Å². The molecule has 1 aliphatic heterocycles. The van der Waals surface area contributed by atoms with Gasteiger partial charge in [-0.05, 0) is 13.0 Å². The second-order valence-corrected chi connectivity index (χ2v) is 6.61. The lowest BCUT2D eigenvalue weighted by Crippen LogP contribution is -2.48. The highest BCUT2D eigenvalue weighted by atomic mass is 16.5. The maximum atomic E-state index is 12.2. The fraction of sp³-hybridized carbons (Fsp3) is 0.333. The molecule has 2 atom stereocenters. The van der Waals surface area contributed by atoms with E-state index in [4.69, 9.17) is 15.5 Å². The van der Waals surface area contributed by atoms with E-state index in [2.05, 4.69) is 22.3 Å². The van der Waals surface area contributed by atoms with Gasteiger partial charge in [-0.3, -0.25) is 9.79 Å². The van der Waals surface area contributed by atoms with Crippen LogP contribution in [0.4, 0.5) is 5.69 Å². The first-order valence-corrected chi connectivity index (χ1v) is 9.12. The largest absolute Gasteiger partial charge is 0.383 e. The predicted molar refractivity (Wildman–Crippen MR) is 108 cm³/mol. The fourth-order valence-electron chi connectivity index (χ4n) is 3.14. The number of ether oxygens (including phenoxy) is 1. The van der Waals surface area contributed by atoms with Crippen molar-refractivity contribution < 1.29 is 9.53 Å². The van der Waals surface area contributed by atoms with Crippen LogP contribution in [0.3, 0.4) is 0 Å². The minimum atomic E-state index is -0.585. The SMILES string of the molecule is COCCN1CC(NC(=O)[C@H](C)N)N=C(c2ccccc2)c2ccccc21. The zero-order valence-corrected chi connectivity index (χ0v) is 15.8. The molecule has 27 heavy (non-hydrogen) atoms. The minimum absolute atomic E-state index is 0.214. The van der Waals surface area contributed by atoms with Crippen molar-refractivity contribution >= 4 is 17.3 Å². The molecular formula is C21H26N4O2. The number of carbonyl (C=O) groups is 1. The fourth-order valence-corrected chi connectivity index (χ4v) is 3.14. The molecule has 2 aromatic carbocycles. The molecule has 6 heteroatoms. The van der Waals surface area contributed by atoms with Gasteiger partial charge in [0.05, 0.1) is 24.9 Å². The molecule has 0 spiro atoms. The Bertz CT molecular complexity index is 805. The van der Waals surface area contributed by atoms with E-state index in [9.17, 15) is 4.79 Å². The quantitative estimate of drug-likeness (QED) is 0.817. The Balaban J connectivity index is 2.05. The summed E-state index contributed by atoms with van der Waals surface area (Å²) < 4.78 is 5.28. The molecular weight excluding hydrogens is 340 g/mol. The number of aliphatic imine (C=N–C) groups is 1. The van der Waals surface area contributed by atoms with Crippen LogP contribution in [0.2, 0.25) is 0 Å². The molecule has 1 aliphatic rings. The van der Waals surface area contributed by atoms with E-state index in [1.54, 1.807) is 14.0 Å². The third-order valence-corrected chi connectivity index (χ3v) is 4.51. The number of nitrogens with one attached hydrogen (secondary N) is 1. The lowest BCUT2D eigenvalue weighted by Gasteiger charge is -2.27. The number of fused-ring (bicyclic) bond motifs is 1. The summed E-state index contributed by atoms with van der Waals surface area (Å²) >= 11 is 0. The van der Waals surface area contributed by atoms with Crippen molar-refractivity contribution in [1.29, 1.82) is 0 Å². The smallest absolute Gasteiger partial charge is 0.238 e. The molecule has 0 bridgehead atoms. The summed E-state index contributed by atoms with van der Waals surface area (Å²) in [6, 6.07) is 17.6. The number of hydrogen-bond donors (Lipinski definition) is 2. The highest BCUT2D eigenvalue weighted by Crippen LogP contribution is 2.27. The van der Waals surface area contributed by atoms with E-state index in [0.29, 0.717) is 19.7 Å². The summed E-state index contributed by atoms with van der Waals surface area (Å²) in [5, 5.41) is 2.97. The number of anilines is 1. The molecule has 0 aliphatic carbocycles. The van der Waals surface area contributed by atoms with Gasteiger partial charge >= 0.3 is 0 Å². The number of benzene rings is 2. The Morgan fingerprint density at radius 3 is 2.67 bits per heavy atom. The summed E-state index contributed by atoms with van der Waals surface area (Å²) in [6.07, 6.45) is -0.400. The number of amides is 1. The molecule has 0 saturated carbocycles. The molecule has 2 aromatic rings. The minimum Gasteiger partial charge on any atom is -0.383 e. The normalized spacial score (nSPS) is 17.5. The number of para-hydroxylation sites is 1. The van der Waals surface area contributed by atoms with Crippen molar-refractivity contribution in [2.24, 2.45) is 10.7 Å². The summed E-state index contributed by atoms with van der Waals surface area (Å²) in [5.74, 6) is -0.214. The number of nitrogens with zero attached hydrogens (tertiary/aromatic N) is 2. The van der Waals surface area contributed by atoms with Gasteiger partial charge in [0.1, 0.15) is 6.17 Å². The number of rotatable bonds is 6. The summed E-state index contributed by atoms with van der Waals surface area (Å²) in [6.45, 7) is 3.51. The molecule has 3 rings (SSSR count). The van der Waals surface area contributed by atoms with E-state index in [1.807, 2.05) is 42.5 Å². The van der Waals surface area contributed by atoms with Crippen LogP contribution in [-0.4, -0.2) is 50.6 Å². The van der Waals surface area contributed by atoms with Gasteiger partial charge in [-0.25, -0.2) is 0 Å². The first-order chi connectivity index (χ1) is 13.1. The lowest BCUT2D eigenvalue weighted by molar-refractivity contribution is -0.122. The number of methoxy groups -OCH3 is 1. The van der Waals surface area contributed by atoms with Crippen molar-refractivity contribution in [2.75, 3.05) is 31.7 Å². The maximum absolute atomic E-state index is 12.2. The Labute approximate surface area is 160 Å². The van der Waals surface area contributed by atoms with Crippen molar-refractivity contribution in [1.82, 2.24) is 5.32 Å². The van der Waals surface area contributed by atoms with Crippen molar-refractivity contribution in [2.45, 2.75) is 19.1 Å². The van der Waals surface area contributed by atoms with E-state index in [0.717, 1.165) is 22.5 Å². The molecule has 1 unspecified atom stereocenters. The van der Waals surface area contributed by atoms with Crippen LogP contribution in [-0.2, 0) is 9.53 Å². The molecule has 3 N–H and O–H groups in total. The second kappa shape index (κ2) is 8.79. The van der Waals surface area contributed by atoms with Crippen LogP contribution in [0, 0.1) is 0 Å². The van der Waals surface area contributed by atoms with Crippen LogP contribution < -0.4 is 16.0 Å². The monoisotopic (exact) mass is 366 g/mol. The van der Waals surface area contributed by atoms with Gasteiger partial charge in [0.25, 0.3) is 0 Å². The predicted octanol–water partition coefficient (Wildman–Crippen LogP) is 1.78.